The fourth-order valence-electron chi connectivity index (χ4n) is 3.73. The molecule has 2 fully saturated rings. The second-order valence-electron chi connectivity index (χ2n) is 6.90. The van der Waals surface area contributed by atoms with E-state index >= 15 is 0 Å². The fraction of sp³-hybridized carbons (Fsp3) is 0.875. The number of rotatable bonds is 5. The molecular formula is C16H29N3O2. The molecule has 0 spiro atoms. The second-order valence-corrected chi connectivity index (χ2v) is 6.90. The zero-order chi connectivity index (χ0) is 15.3. The first-order valence-electron chi connectivity index (χ1n) is 8.30. The lowest BCUT2D eigenvalue weighted by Crippen LogP contribution is -2.51. The molecule has 0 aromatic carbocycles. The van der Waals surface area contributed by atoms with Crippen LogP contribution in [0.2, 0.25) is 0 Å². The molecule has 1 heterocycles. The molecule has 2 rings (SSSR count). The predicted octanol–water partition coefficient (Wildman–Crippen LogP) is 1.14. The minimum atomic E-state index is -0.224. The van der Waals surface area contributed by atoms with Gasteiger partial charge in [-0.3, -0.25) is 9.59 Å². The summed E-state index contributed by atoms with van der Waals surface area (Å²) in [6.07, 6.45) is 5.14. The van der Waals surface area contributed by atoms with Crippen molar-refractivity contribution in [2.45, 2.75) is 46.0 Å². The van der Waals surface area contributed by atoms with Crippen molar-refractivity contribution in [1.29, 1.82) is 0 Å². The van der Waals surface area contributed by atoms with Crippen molar-refractivity contribution >= 4 is 11.8 Å². The number of nitrogens with zero attached hydrogens (tertiary/aromatic N) is 1. The van der Waals surface area contributed by atoms with Gasteiger partial charge in [-0.05, 0) is 25.2 Å². The normalized spacial score (nSPS) is 21.6. The Kier molecular flexibility index (Phi) is 5.62. The van der Waals surface area contributed by atoms with E-state index in [0.29, 0.717) is 5.92 Å². The van der Waals surface area contributed by atoms with Crippen LogP contribution in [-0.4, -0.2) is 49.4 Å². The molecule has 0 aromatic rings. The van der Waals surface area contributed by atoms with E-state index in [2.05, 4.69) is 24.5 Å². The van der Waals surface area contributed by atoms with Crippen LogP contribution in [0.3, 0.4) is 0 Å². The fourth-order valence-corrected chi connectivity index (χ4v) is 3.73. The standard InChI is InChI=1S/C16H29N3O2/c1-13(2)11-16(5-3-4-6-16)15(21)18-12-14(20)19-9-7-17-8-10-19/h13,17H,3-12H2,1-2H3,(H,18,21). The number of carbonyl (C=O) groups is 2. The first-order valence-corrected chi connectivity index (χ1v) is 8.30. The molecule has 21 heavy (non-hydrogen) atoms. The van der Waals surface area contributed by atoms with Crippen LogP contribution in [0, 0.1) is 11.3 Å². The van der Waals surface area contributed by atoms with Gasteiger partial charge in [-0.1, -0.05) is 26.7 Å². The van der Waals surface area contributed by atoms with Crippen molar-refractivity contribution < 1.29 is 9.59 Å². The molecule has 0 bridgehead atoms. The highest BCUT2D eigenvalue weighted by Gasteiger charge is 2.41. The SMILES string of the molecule is CC(C)CC1(C(=O)NCC(=O)N2CCNCC2)CCCC1. The molecule has 1 saturated carbocycles. The average Bonchev–Trinajstić information content (AvgIpc) is 2.94. The van der Waals surface area contributed by atoms with Gasteiger partial charge >= 0.3 is 0 Å². The molecule has 1 aliphatic carbocycles. The monoisotopic (exact) mass is 295 g/mol. The Labute approximate surface area is 127 Å². The van der Waals surface area contributed by atoms with E-state index in [1.807, 2.05) is 4.90 Å². The largest absolute Gasteiger partial charge is 0.347 e. The van der Waals surface area contributed by atoms with Crippen molar-refractivity contribution in [1.82, 2.24) is 15.5 Å². The Morgan fingerprint density at radius 1 is 1.19 bits per heavy atom. The third kappa shape index (κ3) is 4.19. The van der Waals surface area contributed by atoms with Gasteiger partial charge in [0.2, 0.25) is 11.8 Å². The minimum absolute atomic E-state index is 0.0440. The van der Waals surface area contributed by atoms with Crippen molar-refractivity contribution in [3.8, 4) is 0 Å². The molecule has 1 aliphatic heterocycles. The maximum atomic E-state index is 12.6. The third-order valence-electron chi connectivity index (χ3n) is 4.71. The molecule has 1 saturated heterocycles. The lowest BCUT2D eigenvalue weighted by Gasteiger charge is -2.31. The molecule has 5 nitrogen and oxygen atoms in total. The van der Waals surface area contributed by atoms with Crippen LogP contribution >= 0.6 is 0 Å². The van der Waals surface area contributed by atoms with Gasteiger partial charge in [0.1, 0.15) is 0 Å². The van der Waals surface area contributed by atoms with E-state index in [-0.39, 0.29) is 23.8 Å². The van der Waals surface area contributed by atoms with Crippen LogP contribution in [0.25, 0.3) is 0 Å². The highest BCUT2D eigenvalue weighted by atomic mass is 16.2. The van der Waals surface area contributed by atoms with Crippen LogP contribution in [0.4, 0.5) is 0 Å². The van der Waals surface area contributed by atoms with Gasteiger partial charge in [0.05, 0.1) is 6.54 Å². The minimum Gasteiger partial charge on any atom is -0.347 e. The van der Waals surface area contributed by atoms with E-state index in [9.17, 15) is 9.59 Å². The summed E-state index contributed by atoms with van der Waals surface area (Å²) >= 11 is 0. The van der Waals surface area contributed by atoms with E-state index in [1.54, 1.807) is 0 Å². The topological polar surface area (TPSA) is 61.4 Å². The van der Waals surface area contributed by atoms with Crippen LogP contribution < -0.4 is 10.6 Å². The lowest BCUT2D eigenvalue weighted by atomic mass is 9.77. The zero-order valence-electron chi connectivity index (χ0n) is 13.4. The van der Waals surface area contributed by atoms with Crippen molar-refractivity contribution in [2.24, 2.45) is 11.3 Å². The number of nitrogens with one attached hydrogen (secondary N) is 2. The zero-order valence-corrected chi connectivity index (χ0v) is 13.4. The summed E-state index contributed by atoms with van der Waals surface area (Å²) in [7, 11) is 0. The van der Waals surface area contributed by atoms with Crippen LogP contribution in [-0.2, 0) is 9.59 Å². The van der Waals surface area contributed by atoms with Crippen molar-refractivity contribution in [2.75, 3.05) is 32.7 Å². The Bertz CT molecular complexity index is 370. The molecule has 0 atom stereocenters. The quantitative estimate of drug-likeness (QED) is 0.799. The Balaban J connectivity index is 1.85. The summed E-state index contributed by atoms with van der Waals surface area (Å²) in [4.78, 5) is 26.6. The Hall–Kier alpha value is -1.10. The first-order chi connectivity index (χ1) is 10.0. The highest BCUT2D eigenvalue weighted by molar-refractivity contribution is 5.88. The van der Waals surface area contributed by atoms with Crippen LogP contribution in [0.15, 0.2) is 0 Å². The number of amides is 2. The smallest absolute Gasteiger partial charge is 0.242 e. The molecule has 0 unspecified atom stereocenters. The number of hydrogen-bond donors (Lipinski definition) is 2. The second kappa shape index (κ2) is 7.25. The van der Waals surface area contributed by atoms with Crippen LogP contribution in [0.5, 0.6) is 0 Å². The number of hydrogen-bond acceptors (Lipinski definition) is 3. The third-order valence-corrected chi connectivity index (χ3v) is 4.71. The summed E-state index contributed by atoms with van der Waals surface area (Å²) in [5.41, 5.74) is -0.224. The molecule has 5 heteroatoms. The molecule has 120 valence electrons. The van der Waals surface area contributed by atoms with E-state index in [4.69, 9.17) is 0 Å². The van der Waals surface area contributed by atoms with Gasteiger partial charge < -0.3 is 15.5 Å². The molecule has 2 N–H and O–H groups in total. The van der Waals surface area contributed by atoms with Gasteiger partial charge in [0.15, 0.2) is 0 Å². The van der Waals surface area contributed by atoms with Gasteiger partial charge in [-0.25, -0.2) is 0 Å². The predicted molar refractivity (Wildman–Crippen MR) is 82.8 cm³/mol. The summed E-state index contributed by atoms with van der Waals surface area (Å²) in [5.74, 6) is 0.650. The maximum absolute atomic E-state index is 12.6. The van der Waals surface area contributed by atoms with Gasteiger partial charge in [-0.2, -0.15) is 0 Å². The highest BCUT2D eigenvalue weighted by Crippen LogP contribution is 2.43. The Morgan fingerprint density at radius 2 is 1.81 bits per heavy atom. The summed E-state index contributed by atoms with van der Waals surface area (Å²) < 4.78 is 0. The Morgan fingerprint density at radius 3 is 2.38 bits per heavy atom. The molecule has 0 aromatic heterocycles. The first kappa shape index (κ1) is 16.3. The van der Waals surface area contributed by atoms with E-state index < -0.39 is 0 Å². The number of carbonyl (C=O) groups excluding carboxylic acids is 2. The van der Waals surface area contributed by atoms with Gasteiger partial charge in [0, 0.05) is 31.6 Å². The van der Waals surface area contributed by atoms with Crippen LogP contribution in [0.1, 0.15) is 46.0 Å². The van der Waals surface area contributed by atoms with E-state index in [0.717, 1.165) is 58.3 Å². The molecule has 2 amide bonds. The molecular weight excluding hydrogens is 266 g/mol. The maximum Gasteiger partial charge on any atom is 0.242 e. The molecule has 0 radical (unpaired) electrons. The average molecular weight is 295 g/mol. The van der Waals surface area contributed by atoms with Crippen molar-refractivity contribution in [3.63, 3.8) is 0 Å². The van der Waals surface area contributed by atoms with Gasteiger partial charge in [0.25, 0.3) is 0 Å². The number of piperazine rings is 1. The lowest BCUT2D eigenvalue weighted by molar-refractivity contribution is -0.137. The van der Waals surface area contributed by atoms with Gasteiger partial charge in [-0.15, -0.1) is 0 Å². The summed E-state index contributed by atoms with van der Waals surface area (Å²) in [6.45, 7) is 7.66. The molecule has 2 aliphatic rings. The van der Waals surface area contributed by atoms with E-state index in [1.165, 1.54) is 0 Å². The summed E-state index contributed by atoms with van der Waals surface area (Å²) in [5, 5.41) is 6.14. The summed E-state index contributed by atoms with van der Waals surface area (Å²) in [6, 6.07) is 0. The van der Waals surface area contributed by atoms with Crippen molar-refractivity contribution in [3.05, 3.63) is 0 Å².